The zero-order valence-corrected chi connectivity index (χ0v) is 11.0. The molecule has 102 valence electrons. The third kappa shape index (κ3) is 3.95. The van der Waals surface area contributed by atoms with Gasteiger partial charge in [0.05, 0.1) is 6.42 Å². The maximum atomic E-state index is 11.8. The summed E-state index contributed by atoms with van der Waals surface area (Å²) in [6, 6.07) is 16.4. The van der Waals surface area contributed by atoms with Crippen LogP contribution in [0.15, 0.2) is 54.6 Å². The highest BCUT2D eigenvalue weighted by atomic mass is 16.1. The molecule has 0 aliphatic carbocycles. The van der Waals surface area contributed by atoms with Crippen molar-refractivity contribution in [2.75, 3.05) is 0 Å². The predicted molar refractivity (Wildman–Crippen MR) is 77.0 cm³/mol. The first-order valence-corrected chi connectivity index (χ1v) is 6.34. The first-order valence-electron chi connectivity index (χ1n) is 6.34. The number of benzene rings is 2. The Labute approximate surface area is 117 Å². The number of primary amides is 1. The van der Waals surface area contributed by atoms with Crippen LogP contribution in [0.3, 0.4) is 0 Å². The van der Waals surface area contributed by atoms with E-state index in [4.69, 9.17) is 5.73 Å². The van der Waals surface area contributed by atoms with Crippen LogP contribution in [0.25, 0.3) is 0 Å². The minimum atomic E-state index is -0.454. The molecule has 0 fully saturated rings. The smallest absolute Gasteiger partial charge is 0.248 e. The molecule has 2 rings (SSSR count). The molecule has 0 aromatic heterocycles. The number of carbonyl (C=O) groups excluding carboxylic acids is 2. The average Bonchev–Trinajstić information content (AvgIpc) is 2.46. The van der Waals surface area contributed by atoms with Gasteiger partial charge in [0, 0.05) is 12.1 Å². The zero-order chi connectivity index (χ0) is 14.4. The first-order chi connectivity index (χ1) is 9.65. The summed E-state index contributed by atoms with van der Waals surface area (Å²) in [5, 5.41) is 2.84. The van der Waals surface area contributed by atoms with Crippen molar-refractivity contribution in [2.24, 2.45) is 5.73 Å². The number of nitrogens with two attached hydrogens (primary N) is 1. The lowest BCUT2D eigenvalue weighted by Gasteiger charge is -2.06. The molecule has 0 heterocycles. The van der Waals surface area contributed by atoms with Crippen molar-refractivity contribution in [1.82, 2.24) is 5.32 Å². The van der Waals surface area contributed by atoms with Crippen molar-refractivity contribution >= 4 is 11.8 Å². The minimum absolute atomic E-state index is 0.0322. The Morgan fingerprint density at radius 1 is 0.900 bits per heavy atom. The Balaban J connectivity index is 1.85. The summed E-state index contributed by atoms with van der Waals surface area (Å²) >= 11 is 0. The molecule has 4 heteroatoms. The molecule has 2 amide bonds. The molecule has 2 aromatic rings. The topological polar surface area (TPSA) is 72.2 Å². The second-order valence-electron chi connectivity index (χ2n) is 4.50. The van der Waals surface area contributed by atoms with Crippen molar-refractivity contribution in [3.8, 4) is 0 Å². The van der Waals surface area contributed by atoms with Gasteiger partial charge < -0.3 is 11.1 Å². The number of amides is 2. The van der Waals surface area contributed by atoms with Gasteiger partial charge in [-0.15, -0.1) is 0 Å². The largest absolute Gasteiger partial charge is 0.366 e. The van der Waals surface area contributed by atoms with Gasteiger partial charge in [0.2, 0.25) is 11.8 Å². The Hall–Kier alpha value is -2.62. The van der Waals surface area contributed by atoms with Gasteiger partial charge in [-0.1, -0.05) is 42.5 Å². The van der Waals surface area contributed by atoms with Crippen LogP contribution in [0.5, 0.6) is 0 Å². The van der Waals surface area contributed by atoms with Gasteiger partial charge in [0.1, 0.15) is 0 Å². The maximum Gasteiger partial charge on any atom is 0.248 e. The number of rotatable bonds is 5. The fourth-order valence-corrected chi connectivity index (χ4v) is 1.83. The average molecular weight is 268 g/mol. The Morgan fingerprint density at radius 3 is 2.15 bits per heavy atom. The van der Waals surface area contributed by atoms with E-state index in [-0.39, 0.29) is 5.91 Å². The van der Waals surface area contributed by atoms with E-state index in [0.717, 1.165) is 11.1 Å². The molecule has 0 radical (unpaired) electrons. The summed E-state index contributed by atoms with van der Waals surface area (Å²) in [5.41, 5.74) is 7.53. The van der Waals surface area contributed by atoms with E-state index < -0.39 is 5.91 Å². The summed E-state index contributed by atoms with van der Waals surface area (Å²) in [5.74, 6) is -0.486. The molecule has 0 bridgehead atoms. The predicted octanol–water partition coefficient (Wildman–Crippen LogP) is 1.64. The van der Waals surface area contributed by atoms with E-state index in [1.165, 1.54) is 0 Å². The lowest BCUT2D eigenvalue weighted by Crippen LogP contribution is -2.24. The Morgan fingerprint density at radius 2 is 1.55 bits per heavy atom. The van der Waals surface area contributed by atoms with E-state index in [1.54, 1.807) is 24.3 Å². The van der Waals surface area contributed by atoms with E-state index in [2.05, 4.69) is 5.32 Å². The maximum absolute atomic E-state index is 11.8. The number of carbonyl (C=O) groups is 2. The van der Waals surface area contributed by atoms with Crippen LogP contribution in [0.1, 0.15) is 21.5 Å². The number of hydrogen-bond donors (Lipinski definition) is 2. The van der Waals surface area contributed by atoms with E-state index in [0.29, 0.717) is 18.5 Å². The molecule has 3 N–H and O–H groups in total. The van der Waals surface area contributed by atoms with Crippen molar-refractivity contribution in [1.29, 1.82) is 0 Å². The molecular weight excluding hydrogens is 252 g/mol. The molecule has 4 nitrogen and oxygen atoms in total. The molecule has 0 aliphatic heterocycles. The molecule has 0 atom stereocenters. The van der Waals surface area contributed by atoms with E-state index in [1.807, 2.05) is 30.3 Å². The zero-order valence-electron chi connectivity index (χ0n) is 11.0. The van der Waals surface area contributed by atoms with Crippen LogP contribution in [-0.4, -0.2) is 11.8 Å². The highest BCUT2D eigenvalue weighted by Gasteiger charge is 2.04. The first kappa shape index (κ1) is 13.8. The highest BCUT2D eigenvalue weighted by Crippen LogP contribution is 2.04. The third-order valence-corrected chi connectivity index (χ3v) is 2.94. The van der Waals surface area contributed by atoms with E-state index >= 15 is 0 Å². The van der Waals surface area contributed by atoms with E-state index in [9.17, 15) is 9.59 Å². The Kier molecular flexibility index (Phi) is 4.50. The molecule has 0 aliphatic rings. The molecule has 0 saturated heterocycles. The summed E-state index contributed by atoms with van der Waals surface area (Å²) < 4.78 is 0. The van der Waals surface area contributed by atoms with Crippen LogP contribution in [-0.2, 0) is 17.8 Å². The van der Waals surface area contributed by atoms with Gasteiger partial charge >= 0.3 is 0 Å². The summed E-state index contributed by atoms with van der Waals surface area (Å²) in [7, 11) is 0. The van der Waals surface area contributed by atoms with Crippen molar-refractivity contribution < 1.29 is 9.59 Å². The van der Waals surface area contributed by atoms with Crippen molar-refractivity contribution in [3.05, 3.63) is 71.3 Å². The summed E-state index contributed by atoms with van der Waals surface area (Å²) in [4.78, 5) is 22.7. The second-order valence-corrected chi connectivity index (χ2v) is 4.50. The Bertz CT molecular complexity index is 592. The SMILES string of the molecule is NC(=O)c1ccc(CNC(=O)Cc2ccccc2)cc1. The molecular formula is C16H16N2O2. The van der Waals surface area contributed by atoms with Gasteiger partial charge in [0.15, 0.2) is 0 Å². The fraction of sp³-hybridized carbons (Fsp3) is 0.125. The van der Waals surface area contributed by atoms with Crippen LogP contribution in [0.2, 0.25) is 0 Å². The highest BCUT2D eigenvalue weighted by molar-refractivity contribution is 5.92. The molecule has 0 spiro atoms. The lowest BCUT2D eigenvalue weighted by molar-refractivity contribution is -0.120. The number of nitrogens with one attached hydrogen (secondary N) is 1. The molecule has 2 aromatic carbocycles. The second kappa shape index (κ2) is 6.52. The monoisotopic (exact) mass is 268 g/mol. The molecule has 0 saturated carbocycles. The normalized spacial score (nSPS) is 10.0. The number of hydrogen-bond acceptors (Lipinski definition) is 2. The van der Waals surface area contributed by atoms with Crippen LogP contribution in [0.4, 0.5) is 0 Å². The standard InChI is InChI=1S/C16H16N2O2/c17-16(20)14-8-6-13(7-9-14)11-18-15(19)10-12-4-2-1-3-5-12/h1-9H,10-11H2,(H2,17,20)(H,18,19). The third-order valence-electron chi connectivity index (χ3n) is 2.94. The van der Waals surface area contributed by atoms with Gasteiger partial charge in [-0.2, -0.15) is 0 Å². The quantitative estimate of drug-likeness (QED) is 0.865. The lowest BCUT2D eigenvalue weighted by atomic mass is 10.1. The van der Waals surface area contributed by atoms with Crippen molar-refractivity contribution in [3.63, 3.8) is 0 Å². The van der Waals surface area contributed by atoms with Crippen LogP contribution >= 0.6 is 0 Å². The van der Waals surface area contributed by atoms with Crippen LogP contribution in [0, 0.1) is 0 Å². The minimum Gasteiger partial charge on any atom is -0.366 e. The molecule has 20 heavy (non-hydrogen) atoms. The van der Waals surface area contributed by atoms with Gasteiger partial charge in [-0.25, -0.2) is 0 Å². The van der Waals surface area contributed by atoms with Gasteiger partial charge in [-0.05, 0) is 23.3 Å². The van der Waals surface area contributed by atoms with Gasteiger partial charge in [0.25, 0.3) is 0 Å². The summed E-state index contributed by atoms with van der Waals surface area (Å²) in [6.45, 7) is 0.435. The van der Waals surface area contributed by atoms with Gasteiger partial charge in [-0.3, -0.25) is 9.59 Å². The molecule has 0 unspecified atom stereocenters. The summed E-state index contributed by atoms with van der Waals surface area (Å²) in [6.07, 6.45) is 0.361. The fourth-order valence-electron chi connectivity index (χ4n) is 1.83. The van der Waals surface area contributed by atoms with Crippen LogP contribution < -0.4 is 11.1 Å². The van der Waals surface area contributed by atoms with Crippen molar-refractivity contribution in [2.45, 2.75) is 13.0 Å².